The standard InChI is InChI=1S/C27H32N4O5/c1-16(2)11-22(23-15-36-25(29-23)14-26(33)34)28-24(32)13-19-9-10-21(18(4)12-19)31-27(35)30-20-8-6-5-7-17(20)3/h5-10,12,15-16,22H,11,13-14H2,1-4H3,(H,28,32)(H,33,34)(H2,30,31,35). The van der Waals surface area contributed by atoms with E-state index in [1.54, 1.807) is 12.1 Å². The second-order valence-corrected chi connectivity index (χ2v) is 9.21. The van der Waals surface area contributed by atoms with Gasteiger partial charge in [-0.1, -0.05) is 44.2 Å². The number of aryl methyl sites for hydroxylation is 2. The van der Waals surface area contributed by atoms with E-state index >= 15 is 0 Å². The summed E-state index contributed by atoms with van der Waals surface area (Å²) in [5, 5.41) is 17.6. The highest BCUT2D eigenvalue weighted by atomic mass is 16.4. The van der Waals surface area contributed by atoms with Gasteiger partial charge in [-0.25, -0.2) is 9.78 Å². The maximum Gasteiger partial charge on any atom is 0.323 e. The molecule has 0 aliphatic rings. The number of amides is 3. The normalized spacial score (nSPS) is 11.7. The van der Waals surface area contributed by atoms with Crippen LogP contribution in [0.4, 0.5) is 16.2 Å². The number of carboxylic acid groups (broad SMARTS) is 1. The third kappa shape index (κ3) is 7.69. The van der Waals surface area contributed by atoms with Gasteiger partial charge in [-0.15, -0.1) is 0 Å². The molecule has 0 aliphatic carbocycles. The molecule has 3 amide bonds. The highest BCUT2D eigenvalue weighted by Gasteiger charge is 2.21. The molecule has 0 saturated heterocycles. The first-order chi connectivity index (χ1) is 17.1. The maximum absolute atomic E-state index is 12.8. The Kier molecular flexibility index (Phi) is 8.83. The van der Waals surface area contributed by atoms with E-state index in [0.29, 0.717) is 17.8 Å². The molecule has 0 bridgehead atoms. The Balaban J connectivity index is 1.62. The number of para-hydroxylation sites is 1. The van der Waals surface area contributed by atoms with E-state index in [9.17, 15) is 14.4 Å². The number of hydrogen-bond donors (Lipinski definition) is 4. The zero-order chi connectivity index (χ0) is 26.2. The third-order valence-electron chi connectivity index (χ3n) is 5.57. The first-order valence-electron chi connectivity index (χ1n) is 11.8. The average Bonchev–Trinajstić information content (AvgIpc) is 3.24. The number of carbonyl (C=O) groups is 3. The number of nitrogens with one attached hydrogen (secondary N) is 3. The highest BCUT2D eigenvalue weighted by Crippen LogP contribution is 2.22. The van der Waals surface area contributed by atoms with Gasteiger partial charge in [0.2, 0.25) is 11.8 Å². The lowest BCUT2D eigenvalue weighted by Crippen LogP contribution is -2.31. The van der Waals surface area contributed by atoms with Gasteiger partial charge >= 0.3 is 12.0 Å². The van der Waals surface area contributed by atoms with Gasteiger partial charge in [-0.2, -0.15) is 0 Å². The molecule has 0 spiro atoms. The lowest BCUT2D eigenvalue weighted by Gasteiger charge is -2.19. The van der Waals surface area contributed by atoms with Gasteiger partial charge in [-0.05, 0) is 55.0 Å². The number of rotatable bonds is 10. The number of hydrogen-bond acceptors (Lipinski definition) is 5. The molecule has 9 nitrogen and oxygen atoms in total. The van der Waals surface area contributed by atoms with E-state index < -0.39 is 12.0 Å². The number of benzene rings is 2. The number of urea groups is 1. The molecule has 1 atom stereocenters. The Labute approximate surface area is 210 Å². The minimum absolute atomic E-state index is 0.102. The van der Waals surface area contributed by atoms with Crippen LogP contribution in [-0.4, -0.2) is 28.0 Å². The van der Waals surface area contributed by atoms with E-state index in [2.05, 4.69) is 20.9 Å². The number of oxazole rings is 1. The van der Waals surface area contributed by atoms with Crippen LogP contribution in [0.1, 0.15) is 54.6 Å². The summed E-state index contributed by atoms with van der Waals surface area (Å²) in [7, 11) is 0. The maximum atomic E-state index is 12.8. The van der Waals surface area contributed by atoms with E-state index in [-0.39, 0.29) is 36.6 Å². The van der Waals surface area contributed by atoms with Crippen LogP contribution in [0.2, 0.25) is 0 Å². The molecule has 3 aromatic rings. The Morgan fingerprint density at radius 1 is 0.972 bits per heavy atom. The van der Waals surface area contributed by atoms with Crippen LogP contribution in [0.5, 0.6) is 0 Å². The molecule has 0 aliphatic heterocycles. The summed E-state index contributed by atoms with van der Waals surface area (Å²) in [6, 6.07) is 12.2. The van der Waals surface area contributed by atoms with Crippen molar-refractivity contribution in [2.24, 2.45) is 5.92 Å². The van der Waals surface area contributed by atoms with Crippen LogP contribution in [0.3, 0.4) is 0 Å². The van der Waals surface area contributed by atoms with Crippen molar-refractivity contribution in [2.75, 3.05) is 10.6 Å². The van der Waals surface area contributed by atoms with Gasteiger partial charge in [0, 0.05) is 11.4 Å². The van der Waals surface area contributed by atoms with Crippen molar-refractivity contribution in [1.29, 1.82) is 0 Å². The third-order valence-corrected chi connectivity index (χ3v) is 5.57. The summed E-state index contributed by atoms with van der Waals surface area (Å²) in [5.41, 5.74) is 4.48. The fourth-order valence-corrected chi connectivity index (χ4v) is 3.82. The summed E-state index contributed by atoms with van der Waals surface area (Å²) in [6.07, 6.45) is 1.86. The van der Waals surface area contributed by atoms with Crippen LogP contribution in [0.25, 0.3) is 0 Å². The first-order valence-corrected chi connectivity index (χ1v) is 11.8. The number of anilines is 2. The van der Waals surface area contributed by atoms with Crippen LogP contribution >= 0.6 is 0 Å². The van der Waals surface area contributed by atoms with Crippen LogP contribution in [-0.2, 0) is 22.4 Å². The summed E-state index contributed by atoms with van der Waals surface area (Å²) in [5.74, 6) is -0.853. The van der Waals surface area contributed by atoms with Crippen molar-refractivity contribution in [3.8, 4) is 0 Å². The Bertz CT molecular complexity index is 1230. The quantitative estimate of drug-likeness (QED) is 0.314. The summed E-state index contributed by atoms with van der Waals surface area (Å²) < 4.78 is 5.26. The molecule has 9 heteroatoms. The predicted octanol–water partition coefficient (Wildman–Crippen LogP) is 5.01. The second kappa shape index (κ2) is 12.0. The van der Waals surface area contributed by atoms with Gasteiger partial charge in [0.05, 0.1) is 12.5 Å². The van der Waals surface area contributed by atoms with Gasteiger partial charge in [0.25, 0.3) is 0 Å². The molecule has 2 aromatic carbocycles. The van der Waals surface area contributed by atoms with Crippen molar-refractivity contribution in [2.45, 2.75) is 53.0 Å². The van der Waals surface area contributed by atoms with E-state index in [1.165, 1.54) is 6.26 Å². The molecule has 4 N–H and O–H groups in total. The van der Waals surface area contributed by atoms with E-state index in [0.717, 1.165) is 22.4 Å². The largest absolute Gasteiger partial charge is 0.481 e. The number of aliphatic carboxylic acids is 1. The summed E-state index contributed by atoms with van der Waals surface area (Å²) in [4.78, 5) is 40.4. The van der Waals surface area contributed by atoms with Gasteiger partial charge < -0.3 is 25.5 Å². The molecule has 1 aromatic heterocycles. The molecule has 0 fully saturated rings. The minimum atomic E-state index is -1.03. The predicted molar refractivity (Wildman–Crippen MR) is 137 cm³/mol. The molecule has 36 heavy (non-hydrogen) atoms. The van der Waals surface area contributed by atoms with Crippen LogP contribution < -0.4 is 16.0 Å². The van der Waals surface area contributed by atoms with Gasteiger partial charge in [0.15, 0.2) is 0 Å². The van der Waals surface area contributed by atoms with Crippen molar-refractivity contribution in [3.63, 3.8) is 0 Å². The second-order valence-electron chi connectivity index (χ2n) is 9.21. The first kappa shape index (κ1) is 26.5. The van der Waals surface area contributed by atoms with Crippen molar-refractivity contribution in [3.05, 3.63) is 77.0 Å². The number of nitrogens with zero attached hydrogens (tertiary/aromatic N) is 1. The monoisotopic (exact) mass is 492 g/mol. The summed E-state index contributed by atoms with van der Waals surface area (Å²) >= 11 is 0. The summed E-state index contributed by atoms with van der Waals surface area (Å²) in [6.45, 7) is 7.85. The SMILES string of the molecule is Cc1ccccc1NC(=O)Nc1ccc(CC(=O)NC(CC(C)C)c2coc(CC(=O)O)n2)cc1C. The van der Waals surface area contributed by atoms with Crippen LogP contribution in [0.15, 0.2) is 53.1 Å². The van der Waals surface area contributed by atoms with E-state index in [1.807, 2.05) is 58.0 Å². The van der Waals surface area contributed by atoms with Crippen molar-refractivity contribution < 1.29 is 23.9 Å². The Morgan fingerprint density at radius 2 is 1.67 bits per heavy atom. The molecule has 0 saturated carbocycles. The van der Waals surface area contributed by atoms with Gasteiger partial charge in [0.1, 0.15) is 18.4 Å². The highest BCUT2D eigenvalue weighted by molar-refractivity contribution is 6.00. The number of carboxylic acids is 1. The lowest BCUT2D eigenvalue weighted by molar-refractivity contribution is -0.136. The zero-order valence-electron chi connectivity index (χ0n) is 20.9. The molecule has 1 heterocycles. The van der Waals surface area contributed by atoms with Crippen LogP contribution in [0, 0.1) is 19.8 Å². The fourth-order valence-electron chi connectivity index (χ4n) is 3.82. The molecule has 190 valence electrons. The lowest BCUT2D eigenvalue weighted by atomic mass is 10.0. The van der Waals surface area contributed by atoms with Gasteiger partial charge in [-0.3, -0.25) is 9.59 Å². The fraction of sp³-hybridized carbons (Fsp3) is 0.333. The molecular formula is C27H32N4O5. The number of carbonyl (C=O) groups excluding carboxylic acids is 2. The zero-order valence-corrected chi connectivity index (χ0v) is 20.9. The van der Waals surface area contributed by atoms with Crippen molar-refractivity contribution >= 4 is 29.3 Å². The topological polar surface area (TPSA) is 134 Å². The Hall–Kier alpha value is -4.14. The van der Waals surface area contributed by atoms with Crippen molar-refractivity contribution in [1.82, 2.24) is 10.3 Å². The number of aromatic nitrogens is 1. The molecule has 3 rings (SSSR count). The Morgan fingerprint density at radius 3 is 2.31 bits per heavy atom. The molecule has 1 unspecified atom stereocenters. The molecule has 0 radical (unpaired) electrons. The smallest absolute Gasteiger partial charge is 0.323 e. The minimum Gasteiger partial charge on any atom is -0.481 e. The average molecular weight is 493 g/mol. The molecular weight excluding hydrogens is 460 g/mol. The van der Waals surface area contributed by atoms with E-state index in [4.69, 9.17) is 9.52 Å².